The fourth-order valence-corrected chi connectivity index (χ4v) is 2.34. The van der Waals surface area contributed by atoms with Gasteiger partial charge in [0.25, 0.3) is 0 Å². The Bertz CT molecular complexity index is 482. The van der Waals surface area contributed by atoms with Gasteiger partial charge >= 0.3 is 0 Å². The zero-order valence-electron chi connectivity index (χ0n) is 9.66. The molecular formula is C13H16N2S. The van der Waals surface area contributed by atoms with E-state index in [-0.39, 0.29) is 0 Å². The third-order valence-electron chi connectivity index (χ3n) is 2.50. The van der Waals surface area contributed by atoms with Crippen molar-refractivity contribution in [3.63, 3.8) is 0 Å². The molecule has 1 aromatic heterocycles. The number of anilines is 1. The van der Waals surface area contributed by atoms with E-state index in [0.29, 0.717) is 0 Å². The summed E-state index contributed by atoms with van der Waals surface area (Å²) in [6.45, 7) is 2.18. The topological polar surface area (TPSA) is 24.9 Å². The zero-order valence-corrected chi connectivity index (χ0v) is 10.5. The predicted octanol–water partition coefficient (Wildman–Crippen LogP) is 3.53. The van der Waals surface area contributed by atoms with Gasteiger partial charge in [-0.05, 0) is 17.9 Å². The molecule has 0 saturated heterocycles. The summed E-state index contributed by atoms with van der Waals surface area (Å²) in [5, 5.41) is 4.39. The van der Waals surface area contributed by atoms with Gasteiger partial charge in [0, 0.05) is 23.8 Å². The number of nitrogens with one attached hydrogen (secondary N) is 1. The molecule has 0 spiro atoms. The van der Waals surface area contributed by atoms with Crippen molar-refractivity contribution in [3.05, 3.63) is 35.9 Å². The highest BCUT2D eigenvalue weighted by atomic mass is 32.2. The van der Waals surface area contributed by atoms with Crippen molar-refractivity contribution < 1.29 is 0 Å². The van der Waals surface area contributed by atoms with Crippen molar-refractivity contribution in [2.75, 3.05) is 18.1 Å². The van der Waals surface area contributed by atoms with Crippen molar-refractivity contribution in [2.45, 2.75) is 12.7 Å². The fraction of sp³-hybridized carbons (Fsp3) is 0.308. The highest BCUT2D eigenvalue weighted by Crippen LogP contribution is 2.23. The number of fused-ring (bicyclic) bond motifs is 1. The molecule has 2 nitrogen and oxygen atoms in total. The van der Waals surface area contributed by atoms with Crippen LogP contribution in [-0.4, -0.2) is 17.8 Å². The van der Waals surface area contributed by atoms with Gasteiger partial charge in [-0.2, -0.15) is 11.8 Å². The van der Waals surface area contributed by atoms with E-state index in [4.69, 9.17) is 0 Å². The molecule has 0 atom stereocenters. The number of para-hydroxylation sites is 1. The number of hydrogen-bond acceptors (Lipinski definition) is 3. The molecule has 0 unspecified atom stereocenters. The van der Waals surface area contributed by atoms with Gasteiger partial charge in [0.1, 0.15) is 5.82 Å². The standard InChI is InChI=1S/C13H16N2S/c1-3-16-9-11-8-10-6-4-5-7-12(10)15-13(11)14-2/h4-8H,3,9H2,1-2H3,(H,14,15). The lowest BCUT2D eigenvalue weighted by molar-refractivity contribution is 1.27. The first-order valence-corrected chi connectivity index (χ1v) is 6.64. The summed E-state index contributed by atoms with van der Waals surface area (Å²) in [5.41, 5.74) is 2.34. The first kappa shape index (κ1) is 11.3. The van der Waals surface area contributed by atoms with Gasteiger partial charge in [-0.1, -0.05) is 25.1 Å². The maximum Gasteiger partial charge on any atom is 0.130 e. The van der Waals surface area contributed by atoms with Gasteiger partial charge in [0.15, 0.2) is 0 Å². The largest absolute Gasteiger partial charge is 0.373 e. The van der Waals surface area contributed by atoms with Crippen LogP contribution in [0.25, 0.3) is 10.9 Å². The minimum Gasteiger partial charge on any atom is -0.373 e. The molecule has 0 radical (unpaired) electrons. The summed E-state index contributed by atoms with van der Waals surface area (Å²) in [4.78, 5) is 4.62. The quantitative estimate of drug-likeness (QED) is 0.873. The predicted molar refractivity (Wildman–Crippen MR) is 73.1 cm³/mol. The molecule has 0 fully saturated rings. The molecule has 0 bridgehead atoms. The van der Waals surface area contributed by atoms with Crippen LogP contribution >= 0.6 is 11.8 Å². The van der Waals surface area contributed by atoms with Crippen LogP contribution in [0.5, 0.6) is 0 Å². The number of rotatable bonds is 4. The number of thioether (sulfide) groups is 1. The number of pyridine rings is 1. The summed E-state index contributed by atoms with van der Waals surface area (Å²) >= 11 is 1.92. The molecule has 0 aliphatic rings. The third kappa shape index (κ3) is 2.30. The molecule has 0 aliphatic heterocycles. The molecule has 1 aromatic carbocycles. The Kier molecular flexibility index (Phi) is 3.67. The van der Waals surface area contributed by atoms with Crippen LogP contribution in [0, 0.1) is 0 Å². The second-order valence-corrected chi connectivity index (χ2v) is 4.85. The SMILES string of the molecule is CCSCc1cc2ccccc2nc1NC. The van der Waals surface area contributed by atoms with Gasteiger partial charge < -0.3 is 5.32 Å². The molecule has 16 heavy (non-hydrogen) atoms. The van der Waals surface area contributed by atoms with Gasteiger partial charge in [-0.15, -0.1) is 0 Å². The second kappa shape index (κ2) is 5.21. The monoisotopic (exact) mass is 232 g/mol. The van der Waals surface area contributed by atoms with E-state index in [1.54, 1.807) is 0 Å². The minimum atomic E-state index is 1.000. The number of aromatic nitrogens is 1. The van der Waals surface area contributed by atoms with Crippen molar-refractivity contribution >= 4 is 28.5 Å². The first-order valence-electron chi connectivity index (χ1n) is 5.49. The summed E-state index contributed by atoms with van der Waals surface area (Å²) in [6, 6.07) is 10.5. The normalized spacial score (nSPS) is 10.6. The van der Waals surface area contributed by atoms with E-state index >= 15 is 0 Å². The summed E-state index contributed by atoms with van der Waals surface area (Å²) in [6.07, 6.45) is 0. The second-order valence-electron chi connectivity index (χ2n) is 3.58. The Hall–Kier alpha value is -1.22. The van der Waals surface area contributed by atoms with Crippen LogP contribution in [0.3, 0.4) is 0 Å². The van der Waals surface area contributed by atoms with Crippen LogP contribution < -0.4 is 5.32 Å². The Morgan fingerprint density at radius 2 is 2.12 bits per heavy atom. The summed E-state index contributed by atoms with van der Waals surface area (Å²) < 4.78 is 0. The molecule has 0 aliphatic carbocycles. The summed E-state index contributed by atoms with van der Waals surface area (Å²) in [7, 11) is 1.93. The lowest BCUT2D eigenvalue weighted by atomic mass is 10.1. The minimum absolute atomic E-state index is 1.000. The number of benzene rings is 1. The Labute approximate surface area is 100 Å². The highest BCUT2D eigenvalue weighted by molar-refractivity contribution is 7.98. The maximum absolute atomic E-state index is 4.62. The van der Waals surface area contributed by atoms with Crippen molar-refractivity contribution in [1.82, 2.24) is 4.98 Å². The van der Waals surface area contributed by atoms with Crippen LogP contribution in [0.15, 0.2) is 30.3 Å². The molecule has 0 amide bonds. The molecule has 1 heterocycles. The smallest absolute Gasteiger partial charge is 0.130 e. The van der Waals surface area contributed by atoms with E-state index in [1.807, 2.05) is 30.9 Å². The first-order chi connectivity index (χ1) is 7.85. The van der Waals surface area contributed by atoms with E-state index in [9.17, 15) is 0 Å². The Morgan fingerprint density at radius 1 is 1.31 bits per heavy atom. The van der Waals surface area contributed by atoms with Crippen LogP contribution in [0.4, 0.5) is 5.82 Å². The maximum atomic E-state index is 4.62. The molecule has 1 N–H and O–H groups in total. The van der Waals surface area contributed by atoms with Crippen molar-refractivity contribution in [2.24, 2.45) is 0 Å². The Morgan fingerprint density at radius 3 is 2.88 bits per heavy atom. The van der Waals surface area contributed by atoms with Crippen LogP contribution in [0.1, 0.15) is 12.5 Å². The molecule has 2 rings (SSSR count). The van der Waals surface area contributed by atoms with Gasteiger partial charge in [0.05, 0.1) is 5.52 Å². The molecule has 2 aromatic rings. The molecular weight excluding hydrogens is 216 g/mol. The fourth-order valence-electron chi connectivity index (χ4n) is 1.70. The third-order valence-corrected chi connectivity index (χ3v) is 3.42. The van der Waals surface area contributed by atoms with Gasteiger partial charge in [-0.25, -0.2) is 4.98 Å². The number of hydrogen-bond donors (Lipinski definition) is 1. The van der Waals surface area contributed by atoms with E-state index in [2.05, 4.69) is 35.4 Å². The van der Waals surface area contributed by atoms with Crippen LogP contribution in [0.2, 0.25) is 0 Å². The molecule has 84 valence electrons. The average Bonchev–Trinajstić information content (AvgIpc) is 2.35. The van der Waals surface area contributed by atoms with Gasteiger partial charge in [0.2, 0.25) is 0 Å². The van der Waals surface area contributed by atoms with Gasteiger partial charge in [-0.3, -0.25) is 0 Å². The molecule has 3 heteroatoms. The lowest BCUT2D eigenvalue weighted by Crippen LogP contribution is -1.98. The van der Waals surface area contributed by atoms with E-state index in [0.717, 1.165) is 22.8 Å². The van der Waals surface area contributed by atoms with E-state index < -0.39 is 0 Å². The van der Waals surface area contributed by atoms with Crippen LogP contribution in [-0.2, 0) is 5.75 Å². The highest BCUT2D eigenvalue weighted by Gasteiger charge is 2.04. The Balaban J connectivity index is 2.45. The zero-order chi connectivity index (χ0) is 11.4. The average molecular weight is 232 g/mol. The van der Waals surface area contributed by atoms with Crippen molar-refractivity contribution in [3.8, 4) is 0 Å². The number of nitrogens with zero attached hydrogens (tertiary/aromatic N) is 1. The van der Waals surface area contributed by atoms with E-state index in [1.165, 1.54) is 10.9 Å². The summed E-state index contributed by atoms with van der Waals surface area (Å²) in [5.74, 6) is 3.15. The lowest BCUT2D eigenvalue weighted by Gasteiger charge is -2.09. The van der Waals surface area contributed by atoms with Crippen molar-refractivity contribution in [1.29, 1.82) is 0 Å². The molecule has 0 saturated carbocycles.